The van der Waals surface area contributed by atoms with Crippen LogP contribution in [-0.2, 0) is 17.6 Å². The largest absolute Gasteiger partial charge is 0.382 e. The van der Waals surface area contributed by atoms with Gasteiger partial charge in [0.15, 0.2) is 0 Å². The lowest BCUT2D eigenvalue weighted by Crippen LogP contribution is -2.47. The molecule has 0 radical (unpaired) electrons. The number of hydrogen-bond acceptors (Lipinski definition) is 3. The van der Waals surface area contributed by atoms with Gasteiger partial charge in [0.1, 0.15) is 6.10 Å². The van der Waals surface area contributed by atoms with Gasteiger partial charge in [-0.15, -0.1) is 0 Å². The number of aliphatic hydroxyl groups excluding tert-OH is 1. The van der Waals surface area contributed by atoms with E-state index in [2.05, 4.69) is 5.32 Å². The smallest absolute Gasteiger partial charge is 0.250 e. The van der Waals surface area contributed by atoms with Gasteiger partial charge in [-0.1, -0.05) is 60.7 Å². The maximum Gasteiger partial charge on any atom is 0.250 e. The van der Waals surface area contributed by atoms with Gasteiger partial charge < -0.3 is 16.2 Å². The number of nitrogens with two attached hydrogens (primary N) is 1. The first kappa shape index (κ1) is 16.2. The third kappa shape index (κ3) is 4.98. The fourth-order valence-corrected chi connectivity index (χ4v) is 2.27. The van der Waals surface area contributed by atoms with Crippen LogP contribution in [0.15, 0.2) is 60.7 Å². The quantitative estimate of drug-likeness (QED) is 0.721. The van der Waals surface area contributed by atoms with Crippen LogP contribution in [0, 0.1) is 0 Å². The maximum atomic E-state index is 11.9. The number of aliphatic hydroxyl groups is 1. The van der Waals surface area contributed by atoms with E-state index in [-0.39, 0.29) is 0 Å². The Hall–Kier alpha value is -2.17. The summed E-state index contributed by atoms with van der Waals surface area (Å²) in [6, 6.07) is 18.9. The Morgan fingerprint density at radius 1 is 1.00 bits per heavy atom. The van der Waals surface area contributed by atoms with E-state index in [1.54, 1.807) is 0 Å². The minimum absolute atomic E-state index is 0.417. The first-order valence-electron chi connectivity index (χ1n) is 7.46. The van der Waals surface area contributed by atoms with Gasteiger partial charge in [0.2, 0.25) is 5.91 Å². The van der Waals surface area contributed by atoms with E-state index in [0.29, 0.717) is 13.0 Å². The molecular formula is C18H22N2O2. The molecule has 2 rings (SSSR count). The van der Waals surface area contributed by atoms with Crippen molar-refractivity contribution in [3.8, 4) is 0 Å². The summed E-state index contributed by atoms with van der Waals surface area (Å²) in [5.74, 6) is -0.417. The van der Waals surface area contributed by atoms with Crippen LogP contribution in [0.4, 0.5) is 0 Å². The molecule has 116 valence electrons. The number of hydrogen-bond donors (Lipinski definition) is 3. The molecule has 22 heavy (non-hydrogen) atoms. The number of rotatable bonds is 7. The highest BCUT2D eigenvalue weighted by Crippen LogP contribution is 2.05. The van der Waals surface area contributed by atoms with Gasteiger partial charge in [-0.3, -0.25) is 4.79 Å². The van der Waals surface area contributed by atoms with Crippen molar-refractivity contribution in [1.82, 2.24) is 5.32 Å². The van der Waals surface area contributed by atoms with Crippen molar-refractivity contribution in [3.05, 3.63) is 71.8 Å². The average Bonchev–Trinajstić information content (AvgIpc) is 2.56. The number of nitrogens with one attached hydrogen (secondary N) is 1. The molecule has 0 saturated heterocycles. The molecule has 2 aromatic carbocycles. The van der Waals surface area contributed by atoms with E-state index >= 15 is 0 Å². The number of amides is 1. The first-order valence-corrected chi connectivity index (χ1v) is 7.46. The van der Waals surface area contributed by atoms with E-state index in [9.17, 15) is 9.90 Å². The summed E-state index contributed by atoms with van der Waals surface area (Å²) >= 11 is 0. The van der Waals surface area contributed by atoms with Crippen molar-refractivity contribution in [1.29, 1.82) is 0 Å². The van der Waals surface area contributed by atoms with Gasteiger partial charge in [-0.25, -0.2) is 0 Å². The summed E-state index contributed by atoms with van der Waals surface area (Å²) in [5, 5.41) is 12.7. The lowest BCUT2D eigenvalue weighted by molar-refractivity contribution is -0.130. The van der Waals surface area contributed by atoms with Crippen LogP contribution in [0.25, 0.3) is 0 Å². The lowest BCUT2D eigenvalue weighted by Gasteiger charge is -2.18. The van der Waals surface area contributed by atoms with Crippen LogP contribution in [0.2, 0.25) is 0 Å². The third-order valence-corrected chi connectivity index (χ3v) is 3.54. The molecule has 4 heteroatoms. The second-order valence-corrected chi connectivity index (χ2v) is 5.33. The molecule has 4 N–H and O–H groups in total. The summed E-state index contributed by atoms with van der Waals surface area (Å²) in [7, 11) is 0. The Bertz CT molecular complexity index is 572. The molecule has 1 amide bonds. The Morgan fingerprint density at radius 3 is 2.14 bits per heavy atom. The molecular weight excluding hydrogens is 276 g/mol. The van der Waals surface area contributed by atoms with Gasteiger partial charge in [0.25, 0.3) is 0 Å². The Labute approximate surface area is 131 Å². The highest BCUT2D eigenvalue weighted by molar-refractivity contribution is 5.81. The van der Waals surface area contributed by atoms with Crippen LogP contribution < -0.4 is 11.1 Å². The maximum absolute atomic E-state index is 11.9. The molecule has 0 aliphatic carbocycles. The number of carbonyl (C=O) groups is 1. The predicted octanol–water partition coefficient (Wildman–Crippen LogP) is 1.28. The molecule has 0 spiro atoms. The molecule has 0 fully saturated rings. The van der Waals surface area contributed by atoms with Crippen LogP contribution in [0.1, 0.15) is 11.1 Å². The standard InChI is InChI=1S/C18H22N2O2/c19-16(13-15-9-5-2-6-10-15)17(21)18(22)20-12-11-14-7-3-1-4-8-14/h1-10,16-17,21H,11-13,19H2,(H,20,22)/t16-,17+/m0/s1. The van der Waals surface area contributed by atoms with Crippen LogP contribution in [-0.4, -0.2) is 29.7 Å². The Balaban J connectivity index is 1.76. The summed E-state index contributed by atoms with van der Waals surface area (Å²) in [5.41, 5.74) is 8.07. The predicted molar refractivity (Wildman–Crippen MR) is 87.3 cm³/mol. The summed E-state index contributed by atoms with van der Waals surface area (Å²) in [6.07, 6.45) is -0.00240. The second-order valence-electron chi connectivity index (χ2n) is 5.33. The molecule has 0 unspecified atom stereocenters. The van der Waals surface area contributed by atoms with E-state index in [1.165, 1.54) is 0 Å². The van der Waals surface area contributed by atoms with Gasteiger partial charge in [0.05, 0.1) is 0 Å². The minimum atomic E-state index is -1.20. The molecule has 0 heterocycles. The van der Waals surface area contributed by atoms with Gasteiger partial charge in [-0.05, 0) is 24.0 Å². The second kappa shape index (κ2) is 8.32. The molecule has 0 saturated carbocycles. The zero-order chi connectivity index (χ0) is 15.8. The molecule has 0 aromatic heterocycles. The lowest BCUT2D eigenvalue weighted by atomic mass is 10.0. The van der Waals surface area contributed by atoms with Crippen molar-refractivity contribution < 1.29 is 9.90 Å². The van der Waals surface area contributed by atoms with E-state index in [1.807, 2.05) is 60.7 Å². The third-order valence-electron chi connectivity index (χ3n) is 3.54. The zero-order valence-corrected chi connectivity index (χ0v) is 12.5. The van der Waals surface area contributed by atoms with Gasteiger partial charge in [-0.2, -0.15) is 0 Å². The van der Waals surface area contributed by atoms with E-state index < -0.39 is 18.1 Å². The van der Waals surface area contributed by atoms with E-state index in [0.717, 1.165) is 17.5 Å². The van der Waals surface area contributed by atoms with Crippen LogP contribution in [0.5, 0.6) is 0 Å². The molecule has 4 nitrogen and oxygen atoms in total. The Kier molecular flexibility index (Phi) is 6.13. The topological polar surface area (TPSA) is 75.3 Å². The average molecular weight is 298 g/mol. The highest BCUT2D eigenvalue weighted by atomic mass is 16.3. The van der Waals surface area contributed by atoms with Crippen molar-refractivity contribution >= 4 is 5.91 Å². The van der Waals surface area contributed by atoms with Crippen molar-refractivity contribution in [2.24, 2.45) is 5.73 Å². The Morgan fingerprint density at radius 2 is 1.55 bits per heavy atom. The normalized spacial score (nSPS) is 13.4. The summed E-state index contributed by atoms with van der Waals surface area (Å²) in [4.78, 5) is 11.9. The van der Waals surface area contributed by atoms with Crippen molar-refractivity contribution in [2.45, 2.75) is 25.0 Å². The molecule has 0 bridgehead atoms. The number of benzene rings is 2. The SMILES string of the molecule is N[C@@H](Cc1ccccc1)[C@@H](O)C(=O)NCCc1ccccc1. The van der Waals surface area contributed by atoms with Crippen molar-refractivity contribution in [3.63, 3.8) is 0 Å². The first-order chi connectivity index (χ1) is 10.7. The van der Waals surface area contributed by atoms with Crippen LogP contribution >= 0.6 is 0 Å². The van der Waals surface area contributed by atoms with Gasteiger partial charge in [0, 0.05) is 12.6 Å². The summed E-state index contributed by atoms with van der Waals surface area (Å²) in [6.45, 7) is 0.484. The summed E-state index contributed by atoms with van der Waals surface area (Å²) < 4.78 is 0. The molecule has 2 atom stereocenters. The molecule has 0 aliphatic heterocycles. The minimum Gasteiger partial charge on any atom is -0.382 e. The van der Waals surface area contributed by atoms with Crippen LogP contribution in [0.3, 0.4) is 0 Å². The van der Waals surface area contributed by atoms with Crippen molar-refractivity contribution in [2.75, 3.05) is 6.54 Å². The molecule has 0 aliphatic rings. The fraction of sp³-hybridized carbons (Fsp3) is 0.278. The monoisotopic (exact) mass is 298 g/mol. The van der Waals surface area contributed by atoms with E-state index in [4.69, 9.17) is 5.73 Å². The zero-order valence-electron chi connectivity index (χ0n) is 12.5. The highest BCUT2D eigenvalue weighted by Gasteiger charge is 2.22. The van der Waals surface area contributed by atoms with Gasteiger partial charge >= 0.3 is 0 Å². The fourth-order valence-electron chi connectivity index (χ4n) is 2.27. The number of carbonyl (C=O) groups excluding carboxylic acids is 1. The molecule has 2 aromatic rings.